The first-order valence-electron chi connectivity index (χ1n) is 12.9. The van der Waals surface area contributed by atoms with Crippen LogP contribution in [0.25, 0.3) is 22.3 Å². The lowest BCUT2D eigenvalue weighted by Crippen LogP contribution is -2.56. The van der Waals surface area contributed by atoms with Crippen molar-refractivity contribution in [2.45, 2.75) is 46.6 Å². The Morgan fingerprint density at radius 3 is 1.80 bits per heavy atom. The number of aryl methyl sites for hydroxylation is 4. The van der Waals surface area contributed by atoms with Crippen molar-refractivity contribution in [2.24, 2.45) is 5.41 Å². The zero-order chi connectivity index (χ0) is 29.5. The number of anilines is 1. The second kappa shape index (κ2) is 10.7. The van der Waals surface area contributed by atoms with Crippen LogP contribution in [0.2, 0.25) is 0 Å². The van der Waals surface area contributed by atoms with E-state index in [4.69, 9.17) is 13.8 Å². The van der Waals surface area contributed by atoms with Crippen molar-refractivity contribution in [2.75, 3.05) is 18.5 Å². The Hall–Kier alpha value is -4.65. The number of benzene rings is 2. The number of nitrogens with one attached hydrogen (secondary N) is 1. The van der Waals surface area contributed by atoms with Gasteiger partial charge < -0.3 is 19.1 Å². The molecule has 12 nitrogen and oxygen atoms in total. The number of nitro benzene ring substituents is 2. The van der Waals surface area contributed by atoms with Gasteiger partial charge in [-0.1, -0.05) is 22.4 Å². The van der Waals surface area contributed by atoms with Gasteiger partial charge in [0.15, 0.2) is 0 Å². The molecule has 0 radical (unpaired) electrons. The van der Waals surface area contributed by atoms with Gasteiger partial charge in [0.2, 0.25) is 5.82 Å². The van der Waals surface area contributed by atoms with Gasteiger partial charge >= 0.3 is 5.69 Å². The van der Waals surface area contributed by atoms with Crippen LogP contribution >= 0.6 is 0 Å². The summed E-state index contributed by atoms with van der Waals surface area (Å²) in [5.41, 5.74) is 4.51. The number of rotatable bonds is 6. The van der Waals surface area contributed by atoms with Gasteiger partial charge in [-0.05, 0) is 63.8 Å². The number of ether oxygens (including phenoxy) is 1. The summed E-state index contributed by atoms with van der Waals surface area (Å²) in [6.07, 6.45) is 2.02. The summed E-state index contributed by atoms with van der Waals surface area (Å²) >= 11 is 0. The van der Waals surface area contributed by atoms with Gasteiger partial charge in [-0.3, -0.25) is 20.2 Å². The number of nitrogens with zero attached hydrogens (tertiary/aromatic N) is 4. The minimum atomic E-state index is -0.856. The second-order valence-electron chi connectivity index (χ2n) is 10.6. The van der Waals surface area contributed by atoms with Crippen molar-refractivity contribution in [3.63, 3.8) is 0 Å². The summed E-state index contributed by atoms with van der Waals surface area (Å²) in [5, 5.41) is 33.1. The predicted molar refractivity (Wildman–Crippen MR) is 146 cm³/mol. The Morgan fingerprint density at radius 2 is 1.37 bits per heavy atom. The van der Waals surface area contributed by atoms with Crippen LogP contribution in [0, 0.1) is 59.2 Å². The first kappa shape index (κ1) is 27.9. The minimum Gasteiger partial charge on any atom is -0.380 e. The van der Waals surface area contributed by atoms with Crippen LogP contribution in [0.1, 0.15) is 35.7 Å². The van der Waals surface area contributed by atoms with Crippen LogP contribution in [-0.2, 0) is 4.74 Å². The maximum atomic E-state index is 13.2. The lowest BCUT2D eigenvalue weighted by atomic mass is 9.64. The zero-order valence-electron chi connectivity index (χ0n) is 22.9. The highest BCUT2D eigenvalue weighted by molar-refractivity contribution is 5.75. The number of hydrogen-bond acceptors (Lipinski definition) is 10. The quantitative estimate of drug-likeness (QED) is 0.203. The van der Waals surface area contributed by atoms with Crippen molar-refractivity contribution in [3.05, 3.63) is 85.4 Å². The molecule has 2 fully saturated rings. The van der Waals surface area contributed by atoms with Gasteiger partial charge in [0, 0.05) is 34.7 Å². The molecule has 0 amide bonds. The van der Waals surface area contributed by atoms with Gasteiger partial charge in [-0.15, -0.1) is 0 Å². The highest BCUT2D eigenvalue weighted by Crippen LogP contribution is 2.48. The zero-order valence-corrected chi connectivity index (χ0v) is 22.9. The van der Waals surface area contributed by atoms with E-state index in [-0.39, 0.29) is 16.7 Å². The minimum absolute atomic E-state index is 0.0818. The van der Waals surface area contributed by atoms with Crippen LogP contribution in [0.3, 0.4) is 0 Å². The average Bonchev–Trinajstić information content (AvgIpc) is 3.40. The summed E-state index contributed by atoms with van der Waals surface area (Å²) in [4.78, 5) is 21.0. The lowest BCUT2D eigenvalue weighted by molar-refractivity contribution is -0.387. The molecule has 1 spiro atoms. The number of halogens is 1. The van der Waals surface area contributed by atoms with Gasteiger partial charge in [-0.2, -0.15) is 4.39 Å². The molecule has 3 heterocycles. The van der Waals surface area contributed by atoms with Gasteiger partial charge in [0.05, 0.1) is 34.4 Å². The Kier molecular flexibility index (Phi) is 7.30. The molecule has 1 N–H and O–H groups in total. The fraction of sp³-hybridized carbons (Fsp3) is 0.357. The number of aromatic nitrogens is 2. The molecular weight excluding hydrogens is 537 g/mol. The van der Waals surface area contributed by atoms with E-state index in [1.807, 2.05) is 19.9 Å². The summed E-state index contributed by atoms with van der Waals surface area (Å²) < 4.78 is 28.6. The molecule has 0 bridgehead atoms. The Balaban J connectivity index is 0.000000175. The van der Waals surface area contributed by atoms with Crippen molar-refractivity contribution in [1.82, 2.24) is 10.3 Å². The molecule has 1 saturated carbocycles. The fourth-order valence-electron chi connectivity index (χ4n) is 5.49. The standard InChI is InChI=1S/C17H19N3O4.C11H9FN2O3/c1-10-16(11(2)24-19-10)12-3-4-14(15(5-12)20(21)22)18-13-6-17(7-13)8-23-9-17;1-6-11(7(2)17-13-6)8-3-4-9(12)10(5-8)14(15)16/h3-5,13,18H,6-9H2,1-2H3;3-5H,1-2H3. The summed E-state index contributed by atoms with van der Waals surface area (Å²) in [5.74, 6) is 0.349. The van der Waals surface area contributed by atoms with Crippen LogP contribution in [0.4, 0.5) is 21.5 Å². The molecule has 0 unspecified atom stereocenters. The third-order valence-corrected chi connectivity index (χ3v) is 7.52. The molecule has 1 saturated heterocycles. The van der Waals surface area contributed by atoms with E-state index >= 15 is 0 Å². The molecule has 6 rings (SSSR count). The van der Waals surface area contributed by atoms with Crippen LogP contribution in [0.5, 0.6) is 0 Å². The van der Waals surface area contributed by atoms with E-state index in [0.717, 1.165) is 48.9 Å². The summed E-state index contributed by atoms with van der Waals surface area (Å²) in [7, 11) is 0. The fourth-order valence-corrected chi connectivity index (χ4v) is 5.49. The lowest BCUT2D eigenvalue weighted by Gasteiger charge is -2.53. The Morgan fingerprint density at radius 1 is 0.854 bits per heavy atom. The van der Waals surface area contributed by atoms with Crippen LogP contribution < -0.4 is 5.32 Å². The van der Waals surface area contributed by atoms with Gasteiger partial charge in [0.25, 0.3) is 5.69 Å². The topological polar surface area (TPSA) is 160 Å². The van der Waals surface area contributed by atoms with Crippen molar-refractivity contribution >= 4 is 17.1 Å². The van der Waals surface area contributed by atoms with Crippen molar-refractivity contribution in [3.8, 4) is 22.3 Å². The first-order valence-corrected chi connectivity index (χ1v) is 12.9. The maximum absolute atomic E-state index is 13.2. The molecule has 1 aliphatic carbocycles. The third-order valence-electron chi connectivity index (χ3n) is 7.52. The number of nitro groups is 2. The highest BCUT2D eigenvalue weighted by Gasteiger charge is 2.50. The molecule has 2 aliphatic rings. The Labute approximate surface area is 233 Å². The van der Waals surface area contributed by atoms with Gasteiger partial charge in [0.1, 0.15) is 17.2 Å². The van der Waals surface area contributed by atoms with E-state index in [1.165, 1.54) is 12.1 Å². The molecule has 13 heteroatoms. The summed E-state index contributed by atoms with van der Waals surface area (Å²) in [6, 6.07) is 9.24. The molecule has 4 aromatic rings. The van der Waals surface area contributed by atoms with Gasteiger partial charge in [-0.25, -0.2) is 0 Å². The van der Waals surface area contributed by atoms with E-state index < -0.39 is 16.4 Å². The average molecular weight is 566 g/mol. The smallest absolute Gasteiger partial charge is 0.305 e. The van der Waals surface area contributed by atoms with Crippen molar-refractivity contribution in [1.29, 1.82) is 0 Å². The molecular formula is C28H28FN5O7. The Bertz CT molecular complexity index is 1600. The predicted octanol–water partition coefficient (Wildman–Crippen LogP) is 6.46. The number of hydrogen-bond donors (Lipinski definition) is 1. The third kappa shape index (κ3) is 5.40. The molecule has 2 aromatic heterocycles. The van der Waals surface area contributed by atoms with Crippen LogP contribution in [0.15, 0.2) is 45.4 Å². The molecule has 0 atom stereocenters. The van der Waals surface area contributed by atoms with Crippen LogP contribution in [-0.4, -0.2) is 39.4 Å². The maximum Gasteiger partial charge on any atom is 0.305 e. The highest BCUT2D eigenvalue weighted by atomic mass is 19.1. The van der Waals surface area contributed by atoms with Crippen molar-refractivity contribution < 1.29 is 28.0 Å². The van der Waals surface area contributed by atoms with E-state index in [2.05, 4.69) is 15.6 Å². The first-order chi connectivity index (χ1) is 19.5. The normalized spacial score (nSPS) is 15.4. The summed E-state index contributed by atoms with van der Waals surface area (Å²) in [6.45, 7) is 8.70. The largest absolute Gasteiger partial charge is 0.380 e. The van der Waals surface area contributed by atoms with E-state index in [1.54, 1.807) is 26.0 Å². The molecule has 41 heavy (non-hydrogen) atoms. The SMILES string of the molecule is Cc1noc(C)c1-c1ccc(F)c([N+](=O)[O-])c1.Cc1noc(C)c1-c1ccc(NC2CC3(COC3)C2)c([N+](=O)[O-])c1. The monoisotopic (exact) mass is 565 g/mol. The second-order valence-corrected chi connectivity index (χ2v) is 10.6. The molecule has 214 valence electrons. The molecule has 1 aliphatic heterocycles. The van der Waals surface area contributed by atoms with E-state index in [9.17, 15) is 24.6 Å². The van der Waals surface area contributed by atoms with E-state index in [0.29, 0.717) is 39.4 Å². The molecule has 2 aromatic carbocycles.